The zero-order valence-corrected chi connectivity index (χ0v) is 14.8. The Morgan fingerprint density at radius 3 is 2.79 bits per heavy atom. The van der Waals surface area contributed by atoms with Gasteiger partial charge in [-0.3, -0.25) is 10.4 Å². The number of ether oxygens (including phenoxy) is 2. The molecule has 0 aromatic carbocycles. The number of hydrogen-bond acceptors (Lipinski definition) is 5. The molecule has 1 aliphatic heterocycles. The van der Waals surface area contributed by atoms with E-state index in [0.29, 0.717) is 31.9 Å². The van der Waals surface area contributed by atoms with Crippen LogP contribution in [0.3, 0.4) is 0 Å². The molecule has 24 heavy (non-hydrogen) atoms. The van der Waals surface area contributed by atoms with Crippen molar-refractivity contribution < 1.29 is 19.1 Å². The second kappa shape index (κ2) is 7.55. The molecule has 2 N–H and O–H groups in total. The summed E-state index contributed by atoms with van der Waals surface area (Å²) in [5.74, 6) is 0.468. The van der Waals surface area contributed by atoms with Gasteiger partial charge in [-0.05, 0) is 33.6 Å². The maximum absolute atomic E-state index is 12.1. The van der Waals surface area contributed by atoms with Gasteiger partial charge in [0.05, 0.1) is 18.8 Å². The van der Waals surface area contributed by atoms with Gasteiger partial charge < -0.3 is 14.4 Å². The van der Waals surface area contributed by atoms with Crippen LogP contribution in [0.5, 0.6) is 0 Å². The molecule has 0 bridgehead atoms. The monoisotopic (exact) mass is 338 g/mol. The zero-order chi connectivity index (χ0) is 17.7. The Morgan fingerprint density at radius 1 is 1.38 bits per heavy atom. The first-order valence-corrected chi connectivity index (χ1v) is 8.28. The molecule has 0 saturated carbocycles. The summed E-state index contributed by atoms with van der Waals surface area (Å²) in [7, 11) is 0. The highest BCUT2D eigenvalue weighted by Gasteiger charge is 2.28. The number of rotatable bonds is 4. The van der Waals surface area contributed by atoms with Gasteiger partial charge in [0.15, 0.2) is 5.82 Å². The quantitative estimate of drug-likeness (QED) is 0.823. The number of amides is 2. The molecule has 1 aromatic heterocycles. The Balaban J connectivity index is 1.94. The highest BCUT2D eigenvalue weighted by Crippen LogP contribution is 2.25. The lowest BCUT2D eigenvalue weighted by molar-refractivity contribution is 0.0221. The minimum atomic E-state index is -0.527. The molecule has 0 spiro atoms. The number of anilines is 1. The number of carbonyl (C=O) groups excluding carboxylic acids is 2. The van der Waals surface area contributed by atoms with E-state index in [1.807, 2.05) is 27.7 Å². The van der Waals surface area contributed by atoms with Gasteiger partial charge in [0.1, 0.15) is 5.60 Å². The average Bonchev–Trinajstić information content (AvgIpc) is 2.88. The van der Waals surface area contributed by atoms with Crippen LogP contribution in [0.1, 0.15) is 51.8 Å². The molecular weight excluding hydrogens is 312 g/mol. The van der Waals surface area contributed by atoms with Crippen LogP contribution < -0.4 is 5.32 Å². The van der Waals surface area contributed by atoms with Crippen LogP contribution in [-0.2, 0) is 22.4 Å². The molecular formula is C16H26N4O4. The molecule has 8 heteroatoms. The summed E-state index contributed by atoms with van der Waals surface area (Å²) < 4.78 is 10.5. The van der Waals surface area contributed by atoms with Crippen molar-refractivity contribution in [2.24, 2.45) is 0 Å². The predicted octanol–water partition coefficient (Wildman–Crippen LogP) is 3.05. The minimum Gasteiger partial charge on any atom is -0.449 e. The fraction of sp³-hybridized carbons (Fsp3) is 0.688. The molecule has 2 heterocycles. The van der Waals surface area contributed by atoms with Crippen molar-refractivity contribution in [2.75, 3.05) is 18.5 Å². The van der Waals surface area contributed by atoms with Crippen molar-refractivity contribution in [2.45, 2.75) is 59.1 Å². The molecule has 0 fully saturated rings. The normalized spacial score (nSPS) is 14.1. The van der Waals surface area contributed by atoms with Gasteiger partial charge in [-0.25, -0.2) is 9.59 Å². The first-order chi connectivity index (χ1) is 11.3. The van der Waals surface area contributed by atoms with Crippen LogP contribution >= 0.6 is 0 Å². The van der Waals surface area contributed by atoms with E-state index in [9.17, 15) is 9.59 Å². The highest BCUT2D eigenvalue weighted by molar-refractivity contribution is 5.84. The van der Waals surface area contributed by atoms with E-state index in [0.717, 1.165) is 24.1 Å². The van der Waals surface area contributed by atoms with Crippen molar-refractivity contribution in [1.29, 1.82) is 0 Å². The molecule has 134 valence electrons. The van der Waals surface area contributed by atoms with Crippen LogP contribution in [0, 0.1) is 0 Å². The number of unbranched alkanes of at least 4 members (excludes halogenated alkanes) is 1. The van der Waals surface area contributed by atoms with E-state index < -0.39 is 11.7 Å². The Morgan fingerprint density at radius 2 is 2.12 bits per heavy atom. The van der Waals surface area contributed by atoms with E-state index in [1.165, 1.54) is 0 Å². The van der Waals surface area contributed by atoms with Gasteiger partial charge in [-0.1, -0.05) is 13.3 Å². The summed E-state index contributed by atoms with van der Waals surface area (Å²) in [4.78, 5) is 25.5. The number of carbonyl (C=O) groups is 2. The SMILES string of the molecule is CCCCOC(=O)Nc1n[nH]c2c1CCN(C(=O)OC(C)(C)C)C2. The van der Waals surface area contributed by atoms with Gasteiger partial charge in [-0.2, -0.15) is 5.10 Å². The molecule has 2 rings (SSSR count). The van der Waals surface area contributed by atoms with Gasteiger partial charge in [0.25, 0.3) is 0 Å². The largest absolute Gasteiger partial charge is 0.449 e. The number of hydrogen-bond donors (Lipinski definition) is 2. The van der Waals surface area contributed by atoms with Crippen molar-refractivity contribution in [3.05, 3.63) is 11.3 Å². The lowest BCUT2D eigenvalue weighted by Gasteiger charge is -2.29. The fourth-order valence-electron chi connectivity index (χ4n) is 2.35. The number of aromatic nitrogens is 2. The summed E-state index contributed by atoms with van der Waals surface area (Å²) in [6.45, 7) is 8.82. The van der Waals surface area contributed by atoms with Crippen molar-refractivity contribution >= 4 is 18.0 Å². The van der Waals surface area contributed by atoms with E-state index in [-0.39, 0.29) is 6.09 Å². The molecule has 0 radical (unpaired) electrons. The summed E-state index contributed by atoms with van der Waals surface area (Å²) in [5.41, 5.74) is 1.18. The Kier molecular flexibility index (Phi) is 5.69. The van der Waals surface area contributed by atoms with E-state index >= 15 is 0 Å². The van der Waals surface area contributed by atoms with Crippen LogP contribution in [-0.4, -0.2) is 46.0 Å². The first kappa shape index (κ1) is 18.1. The zero-order valence-electron chi connectivity index (χ0n) is 14.8. The van der Waals surface area contributed by atoms with Crippen LogP contribution in [0.2, 0.25) is 0 Å². The Labute approximate surface area is 141 Å². The van der Waals surface area contributed by atoms with E-state index in [2.05, 4.69) is 15.5 Å². The third-order valence-electron chi connectivity index (χ3n) is 3.54. The van der Waals surface area contributed by atoms with Crippen molar-refractivity contribution in [3.63, 3.8) is 0 Å². The number of nitrogens with one attached hydrogen (secondary N) is 2. The molecule has 8 nitrogen and oxygen atoms in total. The predicted molar refractivity (Wildman–Crippen MR) is 88.8 cm³/mol. The van der Waals surface area contributed by atoms with Gasteiger partial charge in [0.2, 0.25) is 0 Å². The number of nitrogens with zero attached hydrogens (tertiary/aromatic N) is 2. The van der Waals surface area contributed by atoms with Gasteiger partial charge in [-0.15, -0.1) is 0 Å². The number of H-pyrrole nitrogens is 1. The third kappa shape index (κ3) is 4.87. The smallest absolute Gasteiger partial charge is 0.412 e. The summed E-state index contributed by atoms with van der Waals surface area (Å²) in [6.07, 6.45) is 1.53. The standard InChI is InChI=1S/C16H26N4O4/c1-5-6-9-23-14(21)17-13-11-7-8-20(10-12(11)18-19-13)15(22)24-16(2,3)4/h5-10H2,1-4H3,(H2,17,18,19,21). The molecule has 0 aliphatic carbocycles. The molecule has 0 atom stereocenters. The second-order valence-electron chi connectivity index (χ2n) is 6.80. The molecule has 2 amide bonds. The van der Waals surface area contributed by atoms with Gasteiger partial charge in [0, 0.05) is 12.1 Å². The maximum atomic E-state index is 12.1. The fourth-order valence-corrected chi connectivity index (χ4v) is 2.35. The summed E-state index contributed by atoms with van der Waals surface area (Å²) in [6, 6.07) is 0. The minimum absolute atomic E-state index is 0.351. The lowest BCUT2D eigenvalue weighted by atomic mass is 10.1. The van der Waals surface area contributed by atoms with Crippen LogP contribution in [0.25, 0.3) is 0 Å². The average molecular weight is 338 g/mol. The Bertz CT molecular complexity index is 591. The topological polar surface area (TPSA) is 96.5 Å². The molecule has 0 unspecified atom stereocenters. The summed E-state index contributed by atoms with van der Waals surface area (Å²) in [5, 5.41) is 9.65. The lowest BCUT2D eigenvalue weighted by Crippen LogP contribution is -2.39. The van der Waals surface area contributed by atoms with Crippen molar-refractivity contribution in [1.82, 2.24) is 15.1 Å². The molecule has 0 saturated heterocycles. The third-order valence-corrected chi connectivity index (χ3v) is 3.54. The highest BCUT2D eigenvalue weighted by atomic mass is 16.6. The van der Waals surface area contributed by atoms with Gasteiger partial charge >= 0.3 is 12.2 Å². The van der Waals surface area contributed by atoms with Crippen molar-refractivity contribution in [3.8, 4) is 0 Å². The number of fused-ring (bicyclic) bond motifs is 1. The molecule has 1 aliphatic rings. The summed E-state index contributed by atoms with van der Waals surface area (Å²) >= 11 is 0. The van der Waals surface area contributed by atoms with Crippen LogP contribution in [0.15, 0.2) is 0 Å². The van der Waals surface area contributed by atoms with Crippen LogP contribution in [0.4, 0.5) is 15.4 Å². The first-order valence-electron chi connectivity index (χ1n) is 8.28. The number of aromatic amines is 1. The van der Waals surface area contributed by atoms with E-state index in [4.69, 9.17) is 9.47 Å². The maximum Gasteiger partial charge on any atom is 0.412 e. The Hall–Kier alpha value is -2.25. The molecule has 1 aromatic rings. The second-order valence-corrected chi connectivity index (χ2v) is 6.80. The van der Waals surface area contributed by atoms with E-state index in [1.54, 1.807) is 4.90 Å².